The standard InChI is InChI=1S/C15H24BrN7.HI/c1-17-15(18-6-4-5-7-23-11-19-20-12-23)22(3)10-14-8-13(16)9-21(14)2;/h8-9,11-12H,4-7,10H2,1-3H3,(H,17,18);1H. The number of guanidine groups is 1. The van der Waals surface area contributed by atoms with E-state index in [9.17, 15) is 0 Å². The molecule has 9 heteroatoms. The van der Waals surface area contributed by atoms with E-state index in [2.05, 4.69) is 65.2 Å². The zero-order valence-corrected chi connectivity index (χ0v) is 18.2. The number of halogens is 2. The predicted molar refractivity (Wildman–Crippen MR) is 111 cm³/mol. The Balaban J connectivity index is 0.00000288. The summed E-state index contributed by atoms with van der Waals surface area (Å²) in [6.07, 6.45) is 7.71. The van der Waals surface area contributed by atoms with Gasteiger partial charge in [0.1, 0.15) is 12.7 Å². The average molecular weight is 510 g/mol. The first-order chi connectivity index (χ1) is 11.1. The monoisotopic (exact) mass is 509 g/mol. The summed E-state index contributed by atoms with van der Waals surface area (Å²) in [7, 11) is 5.92. The van der Waals surface area contributed by atoms with Gasteiger partial charge in [0.2, 0.25) is 0 Å². The molecule has 2 rings (SSSR count). The van der Waals surface area contributed by atoms with Crippen LogP contribution in [0.4, 0.5) is 0 Å². The molecule has 1 N–H and O–H groups in total. The second-order valence-corrected chi connectivity index (χ2v) is 6.41. The molecule has 24 heavy (non-hydrogen) atoms. The minimum atomic E-state index is 0. The van der Waals surface area contributed by atoms with E-state index in [1.165, 1.54) is 5.69 Å². The van der Waals surface area contributed by atoms with Gasteiger partial charge in [-0.05, 0) is 34.8 Å². The normalized spacial score (nSPS) is 11.2. The van der Waals surface area contributed by atoms with Crippen LogP contribution in [0.3, 0.4) is 0 Å². The molecule has 0 radical (unpaired) electrons. The highest BCUT2D eigenvalue weighted by Gasteiger charge is 2.09. The highest BCUT2D eigenvalue weighted by Crippen LogP contribution is 2.14. The molecule has 2 heterocycles. The Kier molecular flexibility index (Phi) is 9.34. The van der Waals surface area contributed by atoms with Gasteiger partial charge >= 0.3 is 0 Å². The summed E-state index contributed by atoms with van der Waals surface area (Å²) in [5, 5.41) is 11.0. The Hall–Kier alpha value is -1.10. The van der Waals surface area contributed by atoms with Crippen LogP contribution in [0.15, 0.2) is 34.4 Å². The summed E-state index contributed by atoms with van der Waals surface area (Å²) in [6.45, 7) is 2.65. The minimum absolute atomic E-state index is 0. The van der Waals surface area contributed by atoms with Crippen LogP contribution in [-0.4, -0.2) is 50.8 Å². The summed E-state index contributed by atoms with van der Waals surface area (Å²) >= 11 is 3.51. The van der Waals surface area contributed by atoms with E-state index in [0.29, 0.717) is 0 Å². The van der Waals surface area contributed by atoms with E-state index in [1.54, 1.807) is 12.7 Å². The van der Waals surface area contributed by atoms with Crippen LogP contribution in [0, 0.1) is 0 Å². The molecule has 0 fully saturated rings. The topological polar surface area (TPSA) is 63.3 Å². The van der Waals surface area contributed by atoms with Crippen LogP contribution in [-0.2, 0) is 20.1 Å². The van der Waals surface area contributed by atoms with E-state index in [4.69, 9.17) is 0 Å². The third-order valence-electron chi connectivity index (χ3n) is 3.64. The fraction of sp³-hybridized carbons (Fsp3) is 0.533. The van der Waals surface area contributed by atoms with Crippen LogP contribution in [0.5, 0.6) is 0 Å². The Bertz CT molecular complexity index is 624. The lowest BCUT2D eigenvalue weighted by molar-refractivity contribution is 0.459. The molecule has 0 amide bonds. The first kappa shape index (κ1) is 20.9. The molecule has 0 atom stereocenters. The fourth-order valence-electron chi connectivity index (χ4n) is 2.38. The Labute approximate surface area is 168 Å². The van der Waals surface area contributed by atoms with Crippen LogP contribution in [0.2, 0.25) is 0 Å². The molecule has 0 unspecified atom stereocenters. The maximum absolute atomic E-state index is 4.35. The van der Waals surface area contributed by atoms with Crippen molar-refractivity contribution in [2.75, 3.05) is 20.6 Å². The van der Waals surface area contributed by atoms with Gasteiger partial charge in [0, 0.05) is 50.6 Å². The average Bonchev–Trinajstić information content (AvgIpc) is 3.13. The van der Waals surface area contributed by atoms with Crippen molar-refractivity contribution in [3.05, 3.63) is 35.1 Å². The van der Waals surface area contributed by atoms with Gasteiger partial charge in [0.05, 0.1) is 6.54 Å². The van der Waals surface area contributed by atoms with Crippen LogP contribution in [0.1, 0.15) is 18.5 Å². The molecule has 0 aliphatic heterocycles. The molecular formula is C15H25BrIN7. The maximum Gasteiger partial charge on any atom is 0.193 e. The van der Waals surface area contributed by atoms with Crippen molar-refractivity contribution in [1.29, 1.82) is 0 Å². The van der Waals surface area contributed by atoms with Gasteiger partial charge in [-0.15, -0.1) is 34.2 Å². The number of unbranched alkanes of at least 4 members (excludes halogenated alkanes) is 1. The molecule has 0 aliphatic carbocycles. The number of aryl methyl sites for hydroxylation is 2. The Morgan fingerprint density at radius 2 is 2.04 bits per heavy atom. The molecule has 0 saturated heterocycles. The number of aromatic nitrogens is 4. The van der Waals surface area contributed by atoms with Gasteiger partial charge in [-0.2, -0.15) is 0 Å². The van der Waals surface area contributed by atoms with Gasteiger partial charge < -0.3 is 19.4 Å². The molecule has 0 bridgehead atoms. The molecule has 134 valence electrons. The summed E-state index contributed by atoms with van der Waals surface area (Å²) in [6, 6.07) is 2.13. The van der Waals surface area contributed by atoms with Crippen molar-refractivity contribution in [1.82, 2.24) is 29.5 Å². The van der Waals surface area contributed by atoms with Gasteiger partial charge in [-0.25, -0.2) is 0 Å². The summed E-state index contributed by atoms with van der Waals surface area (Å²) in [5.41, 5.74) is 1.23. The minimum Gasteiger partial charge on any atom is -0.356 e. The number of hydrogen-bond donors (Lipinski definition) is 1. The number of nitrogens with one attached hydrogen (secondary N) is 1. The maximum atomic E-state index is 4.35. The summed E-state index contributed by atoms with van der Waals surface area (Å²) in [4.78, 5) is 6.48. The molecule has 0 saturated carbocycles. The van der Waals surface area contributed by atoms with E-state index < -0.39 is 0 Å². The second kappa shape index (κ2) is 10.7. The van der Waals surface area contributed by atoms with Crippen LogP contribution >= 0.6 is 39.9 Å². The molecule has 7 nitrogen and oxygen atoms in total. The lowest BCUT2D eigenvalue weighted by Crippen LogP contribution is -2.39. The van der Waals surface area contributed by atoms with Gasteiger partial charge in [0.15, 0.2) is 5.96 Å². The molecular weight excluding hydrogens is 485 g/mol. The van der Waals surface area contributed by atoms with Crippen LogP contribution < -0.4 is 5.32 Å². The highest BCUT2D eigenvalue weighted by molar-refractivity contribution is 14.0. The zero-order valence-electron chi connectivity index (χ0n) is 14.3. The van der Waals surface area contributed by atoms with Crippen molar-refractivity contribution >= 4 is 45.9 Å². The molecule has 2 aromatic rings. The van der Waals surface area contributed by atoms with Gasteiger partial charge in [-0.1, -0.05) is 0 Å². The molecule has 0 aromatic carbocycles. The third kappa shape index (κ3) is 6.42. The number of hydrogen-bond acceptors (Lipinski definition) is 3. The first-order valence-corrected chi connectivity index (χ1v) is 8.44. The highest BCUT2D eigenvalue weighted by atomic mass is 127. The number of rotatable bonds is 7. The fourth-order valence-corrected chi connectivity index (χ4v) is 2.95. The number of aliphatic imine (C=N–C) groups is 1. The van der Waals surface area contributed by atoms with Crippen molar-refractivity contribution in [2.45, 2.75) is 25.9 Å². The zero-order chi connectivity index (χ0) is 16.7. The largest absolute Gasteiger partial charge is 0.356 e. The summed E-state index contributed by atoms with van der Waals surface area (Å²) in [5.74, 6) is 0.909. The van der Waals surface area contributed by atoms with Crippen molar-refractivity contribution in [2.24, 2.45) is 12.0 Å². The first-order valence-electron chi connectivity index (χ1n) is 7.65. The van der Waals surface area contributed by atoms with E-state index in [1.807, 2.05) is 18.7 Å². The Morgan fingerprint density at radius 3 is 2.62 bits per heavy atom. The van der Waals surface area contributed by atoms with Crippen molar-refractivity contribution in [3.8, 4) is 0 Å². The van der Waals surface area contributed by atoms with Crippen LogP contribution in [0.25, 0.3) is 0 Å². The molecule has 0 aliphatic rings. The lowest BCUT2D eigenvalue weighted by atomic mass is 10.3. The third-order valence-corrected chi connectivity index (χ3v) is 4.07. The van der Waals surface area contributed by atoms with Crippen molar-refractivity contribution < 1.29 is 0 Å². The molecule has 2 aromatic heterocycles. The predicted octanol–water partition coefficient (Wildman–Crippen LogP) is 2.48. The summed E-state index contributed by atoms with van der Waals surface area (Å²) < 4.78 is 5.21. The van der Waals surface area contributed by atoms with Gasteiger partial charge in [0.25, 0.3) is 0 Å². The Morgan fingerprint density at radius 1 is 1.33 bits per heavy atom. The molecule has 0 spiro atoms. The van der Waals surface area contributed by atoms with E-state index in [0.717, 1.165) is 42.9 Å². The van der Waals surface area contributed by atoms with E-state index in [-0.39, 0.29) is 24.0 Å². The second-order valence-electron chi connectivity index (χ2n) is 5.50. The quantitative estimate of drug-likeness (QED) is 0.269. The lowest BCUT2D eigenvalue weighted by Gasteiger charge is -2.22. The number of nitrogens with zero attached hydrogens (tertiary/aromatic N) is 6. The van der Waals surface area contributed by atoms with E-state index >= 15 is 0 Å². The van der Waals surface area contributed by atoms with Crippen molar-refractivity contribution in [3.63, 3.8) is 0 Å². The smallest absolute Gasteiger partial charge is 0.193 e. The SMILES string of the molecule is CN=C(NCCCCn1cnnc1)N(C)Cc1cc(Br)cn1C.I. The van der Waals surface area contributed by atoms with Gasteiger partial charge in [-0.3, -0.25) is 4.99 Å².